The molecule has 6 nitrogen and oxygen atoms in total. The van der Waals surface area contributed by atoms with Crippen LogP contribution in [-0.2, 0) is 13.1 Å². The molecule has 2 N–H and O–H groups in total. The van der Waals surface area contributed by atoms with Crippen molar-refractivity contribution in [1.82, 2.24) is 20.4 Å². The topological polar surface area (TPSA) is 63.5 Å². The van der Waals surface area contributed by atoms with Gasteiger partial charge in [0.1, 0.15) is 5.75 Å². The molecule has 0 saturated heterocycles. The lowest BCUT2D eigenvalue weighted by molar-refractivity contribution is 0.414. The van der Waals surface area contributed by atoms with Crippen molar-refractivity contribution in [2.24, 2.45) is 4.99 Å². The zero-order chi connectivity index (χ0) is 19.1. The number of nitrogens with zero attached hydrogens (tertiary/aromatic N) is 3. The second-order valence-electron chi connectivity index (χ2n) is 6.01. The van der Waals surface area contributed by atoms with Crippen molar-refractivity contribution in [2.45, 2.75) is 26.9 Å². The summed E-state index contributed by atoms with van der Waals surface area (Å²) in [5.41, 5.74) is 1.90. The van der Waals surface area contributed by atoms with Gasteiger partial charge in [-0.3, -0.25) is 0 Å². The Morgan fingerprint density at radius 3 is 2.63 bits per heavy atom. The maximum absolute atomic E-state index is 5.19. The van der Waals surface area contributed by atoms with Gasteiger partial charge in [-0.15, -0.1) is 11.3 Å². The minimum Gasteiger partial charge on any atom is -0.497 e. The molecule has 0 spiro atoms. The Morgan fingerprint density at radius 2 is 1.96 bits per heavy atom. The lowest BCUT2D eigenvalue weighted by atomic mass is 10.3. The van der Waals surface area contributed by atoms with Crippen LogP contribution in [0.4, 0.5) is 0 Å². The van der Waals surface area contributed by atoms with Gasteiger partial charge in [0, 0.05) is 22.5 Å². The van der Waals surface area contributed by atoms with E-state index in [0.717, 1.165) is 36.2 Å². The van der Waals surface area contributed by atoms with Gasteiger partial charge in [0.2, 0.25) is 0 Å². The fraction of sp³-hybridized carbons (Fsp3) is 0.300. The quantitative estimate of drug-likeness (QED) is 0.484. The largest absolute Gasteiger partial charge is 0.497 e. The normalized spacial score (nSPS) is 11.4. The molecule has 0 bridgehead atoms. The van der Waals surface area contributed by atoms with Gasteiger partial charge >= 0.3 is 0 Å². The maximum Gasteiger partial charge on any atom is 0.191 e. The Labute approximate surface area is 163 Å². The molecule has 142 valence electrons. The summed E-state index contributed by atoms with van der Waals surface area (Å²) in [6.45, 7) is 6.28. The third-order valence-electron chi connectivity index (χ3n) is 3.95. The Bertz CT molecular complexity index is 882. The van der Waals surface area contributed by atoms with Crippen molar-refractivity contribution < 1.29 is 4.74 Å². The Kier molecular flexibility index (Phi) is 6.49. The number of aliphatic imine (C=N–C) groups is 1. The van der Waals surface area contributed by atoms with Crippen molar-refractivity contribution in [3.05, 3.63) is 64.1 Å². The first-order valence-corrected chi connectivity index (χ1v) is 9.76. The summed E-state index contributed by atoms with van der Waals surface area (Å²) < 4.78 is 7.04. The molecule has 3 rings (SSSR count). The van der Waals surface area contributed by atoms with Crippen LogP contribution in [0.25, 0.3) is 5.69 Å². The zero-order valence-electron chi connectivity index (χ0n) is 15.9. The molecule has 0 radical (unpaired) electrons. The van der Waals surface area contributed by atoms with Crippen LogP contribution in [0.3, 0.4) is 0 Å². The molecule has 2 aromatic heterocycles. The number of nitrogens with one attached hydrogen (secondary N) is 2. The van der Waals surface area contributed by atoms with Crippen molar-refractivity contribution in [1.29, 1.82) is 0 Å². The minimum atomic E-state index is 0.516. The molecule has 0 unspecified atom stereocenters. The highest BCUT2D eigenvalue weighted by molar-refractivity contribution is 7.11. The summed E-state index contributed by atoms with van der Waals surface area (Å²) in [7, 11) is 1.66. The number of aryl methyl sites for hydroxylation is 1. The van der Waals surface area contributed by atoms with Gasteiger partial charge in [0.05, 0.1) is 31.6 Å². The minimum absolute atomic E-state index is 0.516. The van der Waals surface area contributed by atoms with E-state index in [1.807, 2.05) is 41.2 Å². The first-order chi connectivity index (χ1) is 13.2. The maximum atomic E-state index is 5.19. The third kappa shape index (κ3) is 5.34. The number of hydrogen-bond acceptors (Lipinski definition) is 4. The van der Waals surface area contributed by atoms with E-state index < -0.39 is 0 Å². The molecule has 27 heavy (non-hydrogen) atoms. The SMILES string of the molecule is CCNC(=NCc1ccn(-c2ccc(OC)cc2)n1)NCc1ccc(C)s1. The first kappa shape index (κ1) is 19.0. The number of aromatic nitrogens is 2. The fourth-order valence-electron chi connectivity index (χ4n) is 2.58. The van der Waals surface area contributed by atoms with Gasteiger partial charge in [-0.05, 0) is 56.3 Å². The standard InChI is InChI=1S/C20H25N5OS/c1-4-21-20(23-14-19-10-5-15(2)27-19)22-13-16-11-12-25(24-16)17-6-8-18(26-3)9-7-17/h5-12H,4,13-14H2,1-3H3,(H2,21,22,23). The molecule has 7 heteroatoms. The van der Waals surface area contributed by atoms with E-state index in [1.165, 1.54) is 9.75 Å². The highest BCUT2D eigenvalue weighted by Gasteiger charge is 2.04. The smallest absolute Gasteiger partial charge is 0.191 e. The summed E-state index contributed by atoms with van der Waals surface area (Å²) in [6, 6.07) is 14.1. The average Bonchev–Trinajstić information content (AvgIpc) is 3.33. The van der Waals surface area contributed by atoms with Crippen LogP contribution < -0.4 is 15.4 Å². The van der Waals surface area contributed by atoms with Gasteiger partial charge < -0.3 is 15.4 Å². The Hall–Kier alpha value is -2.80. The number of benzene rings is 1. The van der Waals surface area contributed by atoms with Gasteiger partial charge in [-0.2, -0.15) is 5.10 Å². The Morgan fingerprint density at radius 1 is 1.15 bits per heavy atom. The Balaban J connectivity index is 1.62. The average molecular weight is 384 g/mol. The van der Waals surface area contributed by atoms with Crippen LogP contribution in [0.15, 0.2) is 53.7 Å². The molecule has 0 atom stereocenters. The molecule has 0 aliphatic rings. The second kappa shape index (κ2) is 9.23. The molecule has 1 aromatic carbocycles. The summed E-state index contributed by atoms with van der Waals surface area (Å²) in [6.07, 6.45) is 1.95. The van der Waals surface area contributed by atoms with E-state index in [2.05, 4.69) is 46.7 Å². The van der Waals surface area contributed by atoms with Crippen molar-refractivity contribution in [3.63, 3.8) is 0 Å². The van der Waals surface area contributed by atoms with Crippen molar-refractivity contribution >= 4 is 17.3 Å². The lowest BCUT2D eigenvalue weighted by Crippen LogP contribution is -2.36. The lowest BCUT2D eigenvalue weighted by Gasteiger charge is -2.10. The fourth-order valence-corrected chi connectivity index (χ4v) is 3.41. The number of ether oxygens (including phenoxy) is 1. The van der Waals surface area contributed by atoms with E-state index in [9.17, 15) is 0 Å². The number of guanidine groups is 1. The molecule has 2 heterocycles. The molecule has 0 aliphatic heterocycles. The number of hydrogen-bond donors (Lipinski definition) is 2. The van der Waals surface area contributed by atoms with E-state index in [0.29, 0.717) is 6.54 Å². The van der Waals surface area contributed by atoms with Crippen LogP contribution >= 0.6 is 11.3 Å². The van der Waals surface area contributed by atoms with Crippen LogP contribution in [0, 0.1) is 6.92 Å². The molecular formula is C20H25N5OS. The van der Waals surface area contributed by atoms with Crippen LogP contribution in [0.5, 0.6) is 5.75 Å². The summed E-state index contributed by atoms with van der Waals surface area (Å²) in [4.78, 5) is 7.25. The molecule has 3 aromatic rings. The number of methoxy groups -OCH3 is 1. The molecule has 0 saturated carbocycles. The van der Waals surface area contributed by atoms with E-state index in [1.54, 1.807) is 18.4 Å². The number of thiophene rings is 1. The highest BCUT2D eigenvalue weighted by Crippen LogP contribution is 2.15. The van der Waals surface area contributed by atoms with Gasteiger partial charge in [-0.1, -0.05) is 0 Å². The van der Waals surface area contributed by atoms with Crippen molar-refractivity contribution in [2.75, 3.05) is 13.7 Å². The summed E-state index contributed by atoms with van der Waals surface area (Å²) in [5.74, 6) is 1.63. The third-order valence-corrected chi connectivity index (χ3v) is 4.95. The van der Waals surface area contributed by atoms with Gasteiger partial charge in [0.15, 0.2) is 5.96 Å². The number of rotatable bonds is 7. The van der Waals surface area contributed by atoms with Crippen molar-refractivity contribution in [3.8, 4) is 11.4 Å². The molecule has 0 fully saturated rings. The van der Waals surface area contributed by atoms with E-state index in [-0.39, 0.29) is 0 Å². The van der Waals surface area contributed by atoms with E-state index in [4.69, 9.17) is 4.74 Å². The van der Waals surface area contributed by atoms with Gasteiger partial charge in [0.25, 0.3) is 0 Å². The van der Waals surface area contributed by atoms with Crippen LogP contribution in [0.1, 0.15) is 22.4 Å². The predicted molar refractivity (Wildman–Crippen MR) is 111 cm³/mol. The van der Waals surface area contributed by atoms with Crippen LogP contribution in [-0.4, -0.2) is 29.4 Å². The summed E-state index contributed by atoms with van der Waals surface area (Å²) in [5, 5.41) is 11.3. The monoisotopic (exact) mass is 383 g/mol. The van der Waals surface area contributed by atoms with Gasteiger partial charge in [-0.25, -0.2) is 9.67 Å². The first-order valence-electron chi connectivity index (χ1n) is 8.94. The molecular weight excluding hydrogens is 358 g/mol. The molecule has 0 aliphatic carbocycles. The molecule has 0 amide bonds. The van der Waals surface area contributed by atoms with Crippen LogP contribution in [0.2, 0.25) is 0 Å². The zero-order valence-corrected chi connectivity index (χ0v) is 16.7. The highest BCUT2D eigenvalue weighted by atomic mass is 32.1. The van der Waals surface area contributed by atoms with E-state index >= 15 is 0 Å². The second-order valence-corrected chi connectivity index (χ2v) is 7.38. The predicted octanol–water partition coefficient (Wildman–Crippen LogP) is 3.51. The summed E-state index contributed by atoms with van der Waals surface area (Å²) >= 11 is 1.80.